The molecule has 3 heterocycles. The maximum atomic E-state index is 13.0. The molecular formula is C27H29F3N3O6-. The highest BCUT2D eigenvalue weighted by Crippen LogP contribution is 2.34. The number of likely N-dealkylation sites (N-methyl/N-ethyl adjacent to an activating group) is 1. The fraction of sp³-hybridized carbons (Fsp3) is 0.444. The lowest BCUT2D eigenvalue weighted by atomic mass is 10.1. The second-order valence-electron chi connectivity index (χ2n) is 9.43. The molecule has 1 saturated heterocycles. The van der Waals surface area contributed by atoms with Crippen molar-refractivity contribution < 1.29 is 37.0 Å². The largest absolute Gasteiger partial charge is 0.545 e. The summed E-state index contributed by atoms with van der Waals surface area (Å²) in [5.74, 6) is -0.906. The molecule has 0 spiro atoms. The van der Waals surface area contributed by atoms with Crippen LogP contribution in [0.4, 0.5) is 13.2 Å². The zero-order valence-corrected chi connectivity index (χ0v) is 21.5. The van der Waals surface area contributed by atoms with Crippen molar-refractivity contribution in [1.29, 1.82) is 0 Å². The van der Waals surface area contributed by atoms with Crippen LogP contribution in [0.15, 0.2) is 45.9 Å². The van der Waals surface area contributed by atoms with Crippen LogP contribution in [0, 0.1) is 0 Å². The number of nitrogens with zero attached hydrogens (tertiary/aromatic N) is 3. The zero-order valence-electron chi connectivity index (χ0n) is 21.5. The summed E-state index contributed by atoms with van der Waals surface area (Å²) in [6.45, 7) is 4.71. The Bertz CT molecular complexity index is 1350. The Hall–Kier alpha value is -3.64. The Balaban J connectivity index is 1.25. The summed E-state index contributed by atoms with van der Waals surface area (Å²) in [4.78, 5) is 32.2. The lowest BCUT2D eigenvalue weighted by molar-refractivity contribution is -0.255. The highest BCUT2D eigenvalue weighted by Gasteiger charge is 2.31. The molecule has 0 atom stereocenters. The van der Waals surface area contributed by atoms with Gasteiger partial charge in [-0.3, -0.25) is 14.7 Å². The average molecular weight is 549 g/mol. The molecule has 12 heteroatoms. The Morgan fingerprint density at radius 1 is 1.08 bits per heavy atom. The van der Waals surface area contributed by atoms with Gasteiger partial charge in [0.25, 0.3) is 0 Å². The minimum atomic E-state index is -4.56. The maximum absolute atomic E-state index is 13.0. The number of fused-ring (bicyclic) bond motifs is 1. The molecule has 0 N–H and O–H groups in total. The molecule has 210 valence electrons. The first-order valence-electron chi connectivity index (χ1n) is 12.6. The van der Waals surface area contributed by atoms with Crippen LogP contribution in [0.3, 0.4) is 0 Å². The Kier molecular flexibility index (Phi) is 9.08. The number of hydrogen-bond acceptors (Lipinski definition) is 9. The van der Waals surface area contributed by atoms with E-state index in [1.165, 1.54) is 12.3 Å². The van der Waals surface area contributed by atoms with E-state index in [-0.39, 0.29) is 46.6 Å². The Labute approximate surface area is 222 Å². The zero-order chi connectivity index (χ0) is 28.0. The number of hydrogen-bond donors (Lipinski definition) is 0. The fourth-order valence-corrected chi connectivity index (χ4v) is 4.24. The Morgan fingerprint density at radius 3 is 2.46 bits per heavy atom. The van der Waals surface area contributed by atoms with Crippen LogP contribution < -0.4 is 20.0 Å². The van der Waals surface area contributed by atoms with E-state index in [1.807, 2.05) is 0 Å². The summed E-state index contributed by atoms with van der Waals surface area (Å²) in [5.41, 5.74) is -1.52. The van der Waals surface area contributed by atoms with Crippen LogP contribution in [0.25, 0.3) is 10.9 Å². The number of carbonyl (C=O) groups is 1. The molecular weight excluding hydrogens is 519 g/mol. The van der Waals surface area contributed by atoms with Gasteiger partial charge in [0.05, 0.1) is 42.4 Å². The van der Waals surface area contributed by atoms with Crippen LogP contribution >= 0.6 is 0 Å². The quantitative estimate of drug-likeness (QED) is 0.334. The Morgan fingerprint density at radius 2 is 1.79 bits per heavy atom. The predicted octanol–water partition coefficient (Wildman–Crippen LogP) is 2.95. The van der Waals surface area contributed by atoms with Crippen LogP contribution in [0.2, 0.25) is 0 Å². The third-order valence-electron chi connectivity index (χ3n) is 6.49. The minimum absolute atomic E-state index is 0.0355. The summed E-state index contributed by atoms with van der Waals surface area (Å²) < 4.78 is 55.8. The van der Waals surface area contributed by atoms with Gasteiger partial charge in [0.2, 0.25) is 11.2 Å². The number of ether oxygens (including phenoxy) is 2. The molecule has 39 heavy (non-hydrogen) atoms. The third-order valence-corrected chi connectivity index (χ3v) is 6.49. The second-order valence-corrected chi connectivity index (χ2v) is 9.43. The van der Waals surface area contributed by atoms with Crippen molar-refractivity contribution in [3.05, 3.63) is 63.8 Å². The van der Waals surface area contributed by atoms with Crippen molar-refractivity contribution in [2.45, 2.75) is 32.0 Å². The van der Waals surface area contributed by atoms with Crippen molar-refractivity contribution in [2.75, 3.05) is 46.4 Å². The van der Waals surface area contributed by atoms with Crippen molar-refractivity contribution in [2.24, 2.45) is 0 Å². The maximum Gasteiger partial charge on any atom is 0.416 e. The van der Waals surface area contributed by atoms with Crippen LogP contribution in [0.5, 0.6) is 11.5 Å². The van der Waals surface area contributed by atoms with E-state index in [4.69, 9.17) is 13.9 Å². The van der Waals surface area contributed by atoms with Gasteiger partial charge in [-0.15, -0.1) is 0 Å². The van der Waals surface area contributed by atoms with E-state index < -0.39 is 17.7 Å². The van der Waals surface area contributed by atoms with E-state index in [9.17, 15) is 27.9 Å². The number of aromatic nitrogens is 1. The van der Waals surface area contributed by atoms with Crippen molar-refractivity contribution in [1.82, 2.24) is 14.8 Å². The number of carboxylic acids is 1. The van der Waals surface area contributed by atoms with Gasteiger partial charge >= 0.3 is 6.18 Å². The van der Waals surface area contributed by atoms with Gasteiger partial charge < -0.3 is 28.7 Å². The number of unbranched alkanes of at least 4 members (excludes halogenated alkanes) is 2. The van der Waals surface area contributed by atoms with E-state index in [0.29, 0.717) is 31.6 Å². The van der Waals surface area contributed by atoms with Gasteiger partial charge in [-0.05, 0) is 44.5 Å². The van der Waals surface area contributed by atoms with Gasteiger partial charge in [-0.25, -0.2) is 0 Å². The number of carbonyl (C=O) groups excluding carboxylic acids is 1. The molecule has 4 rings (SSSR count). The SMILES string of the molecule is CN1CCN(Cc2cc(=O)c(OCCCCCOc3c(C(=O)[O-])cnc4cc(C(F)(F)F)ccc34)co2)CC1. The van der Waals surface area contributed by atoms with E-state index in [0.717, 1.165) is 50.6 Å². The van der Waals surface area contributed by atoms with Crippen LogP contribution in [-0.4, -0.2) is 67.2 Å². The number of rotatable bonds is 11. The smallest absolute Gasteiger partial charge is 0.416 e. The molecule has 1 aromatic carbocycles. The molecule has 0 unspecified atom stereocenters. The number of halogens is 3. The number of benzene rings is 1. The summed E-state index contributed by atoms with van der Waals surface area (Å²) in [5, 5.41) is 11.6. The molecule has 1 fully saturated rings. The first-order chi connectivity index (χ1) is 18.6. The normalized spacial score (nSPS) is 15.0. The second kappa shape index (κ2) is 12.5. The van der Waals surface area contributed by atoms with E-state index in [2.05, 4.69) is 21.8 Å². The number of alkyl halides is 3. The lowest BCUT2D eigenvalue weighted by Crippen LogP contribution is -2.43. The number of piperazine rings is 1. The number of carboxylic acid groups (broad SMARTS) is 1. The minimum Gasteiger partial charge on any atom is -0.545 e. The van der Waals surface area contributed by atoms with Gasteiger partial charge in [0.15, 0.2) is 0 Å². The molecule has 0 aliphatic carbocycles. The monoisotopic (exact) mass is 548 g/mol. The molecule has 0 bridgehead atoms. The fourth-order valence-electron chi connectivity index (χ4n) is 4.24. The molecule has 0 radical (unpaired) electrons. The van der Waals surface area contributed by atoms with Gasteiger partial charge in [0, 0.05) is 43.8 Å². The van der Waals surface area contributed by atoms with E-state index >= 15 is 0 Å². The predicted molar refractivity (Wildman–Crippen MR) is 134 cm³/mol. The summed E-state index contributed by atoms with van der Waals surface area (Å²) in [6.07, 6.45) is -0.557. The van der Waals surface area contributed by atoms with Gasteiger partial charge in [-0.1, -0.05) is 0 Å². The average Bonchev–Trinajstić information content (AvgIpc) is 2.89. The van der Waals surface area contributed by atoms with Crippen molar-refractivity contribution in [3.8, 4) is 11.5 Å². The lowest BCUT2D eigenvalue weighted by Gasteiger charge is -2.31. The number of pyridine rings is 1. The number of aromatic carboxylic acids is 1. The summed E-state index contributed by atoms with van der Waals surface area (Å²) >= 11 is 0. The topological polar surface area (TPSA) is 108 Å². The highest BCUT2D eigenvalue weighted by atomic mass is 19.4. The molecule has 1 aliphatic heterocycles. The molecule has 0 amide bonds. The first-order valence-corrected chi connectivity index (χ1v) is 12.6. The standard InChI is InChI=1S/C27H30F3N3O6/c1-32-7-9-33(10-8-32)16-19-14-23(34)24(17-39-19)37-11-3-2-4-12-38-25-20-6-5-18(27(28,29)30)13-22(20)31-15-21(25)26(35)36/h5-6,13-15,17H,2-4,7-12,16H2,1H3,(H,35,36)/p-1. The van der Waals surface area contributed by atoms with Gasteiger partial charge in [0.1, 0.15) is 17.8 Å². The van der Waals surface area contributed by atoms with Crippen LogP contribution in [-0.2, 0) is 12.7 Å². The third kappa shape index (κ3) is 7.48. The molecule has 9 nitrogen and oxygen atoms in total. The summed E-state index contributed by atoms with van der Waals surface area (Å²) in [7, 11) is 2.07. The molecule has 3 aromatic rings. The molecule has 1 aliphatic rings. The van der Waals surface area contributed by atoms with Crippen molar-refractivity contribution in [3.63, 3.8) is 0 Å². The van der Waals surface area contributed by atoms with Crippen molar-refractivity contribution >= 4 is 16.9 Å². The molecule has 0 saturated carbocycles. The van der Waals surface area contributed by atoms with Gasteiger partial charge in [-0.2, -0.15) is 13.2 Å². The first kappa shape index (κ1) is 28.4. The highest BCUT2D eigenvalue weighted by molar-refractivity contribution is 5.98. The van der Waals surface area contributed by atoms with Crippen LogP contribution in [0.1, 0.15) is 40.9 Å². The molecule has 2 aromatic heterocycles. The summed E-state index contributed by atoms with van der Waals surface area (Å²) in [6, 6.07) is 4.28. The van der Waals surface area contributed by atoms with E-state index in [1.54, 1.807) is 0 Å².